The maximum atomic E-state index is 3.65. The quantitative estimate of drug-likeness (QED) is 0.697. The van der Waals surface area contributed by atoms with Gasteiger partial charge in [-0.2, -0.15) is 0 Å². The van der Waals surface area contributed by atoms with E-state index in [-0.39, 0.29) is 0 Å². The van der Waals surface area contributed by atoms with E-state index in [1.165, 1.54) is 11.5 Å². The molecule has 1 aromatic heterocycles. The molecule has 0 aliphatic heterocycles. The van der Waals surface area contributed by atoms with Crippen molar-refractivity contribution in [3.8, 4) is 0 Å². The van der Waals surface area contributed by atoms with Crippen molar-refractivity contribution in [1.29, 1.82) is 0 Å². The van der Waals surface area contributed by atoms with Crippen LogP contribution in [0, 0.1) is 0 Å². The maximum absolute atomic E-state index is 3.65. The molecule has 2 nitrogen and oxygen atoms in total. The number of hydrogen-bond acceptors (Lipinski definition) is 3. The van der Waals surface area contributed by atoms with E-state index in [4.69, 9.17) is 0 Å². The second kappa shape index (κ2) is 2.19. The minimum absolute atomic E-state index is 0.775. The van der Waals surface area contributed by atoms with Crippen LogP contribution in [0.2, 0.25) is 0 Å². The summed E-state index contributed by atoms with van der Waals surface area (Å²) in [5.74, 6) is 0. The van der Waals surface area contributed by atoms with Crippen molar-refractivity contribution < 1.29 is 0 Å². The summed E-state index contributed by atoms with van der Waals surface area (Å²) in [6.45, 7) is 0. The number of rotatable bonds is 0. The highest BCUT2D eigenvalue weighted by Gasteiger charge is 1.95. The van der Waals surface area contributed by atoms with Crippen molar-refractivity contribution >= 4 is 43.4 Å². The lowest BCUT2D eigenvalue weighted by molar-refractivity contribution is 1.12. The van der Waals surface area contributed by atoms with Gasteiger partial charge in [0, 0.05) is 0 Å². The minimum Gasteiger partial charge on any atom is -0.130 e. The molecular weight excluding hydrogens is 244 g/mol. The van der Waals surface area contributed by atoms with Crippen LogP contribution in [0.15, 0.2) is 8.39 Å². The molecule has 0 atom stereocenters. The number of aromatic nitrogens is 2. The Labute approximate surface area is 61.4 Å². The molecule has 1 rings (SSSR count). The number of hydrogen-bond donors (Lipinski definition) is 0. The first kappa shape index (κ1) is 5.65. The smallest absolute Gasteiger partial charge is 0.130 e. The van der Waals surface area contributed by atoms with Crippen LogP contribution >= 0.6 is 43.4 Å². The molecule has 0 saturated carbocycles. The highest BCUT2D eigenvalue weighted by Crippen LogP contribution is 2.22. The van der Waals surface area contributed by atoms with Gasteiger partial charge in [-0.15, -0.1) is 5.10 Å². The molecule has 0 unspecified atom stereocenters. The average molecular weight is 244 g/mol. The van der Waals surface area contributed by atoms with Crippen molar-refractivity contribution in [3.05, 3.63) is 8.39 Å². The molecule has 0 amide bonds. The lowest BCUT2D eigenvalue weighted by Crippen LogP contribution is -1.59. The van der Waals surface area contributed by atoms with Gasteiger partial charge in [-0.1, -0.05) is 4.49 Å². The number of halogens is 2. The van der Waals surface area contributed by atoms with Gasteiger partial charge in [-0.25, -0.2) is 0 Å². The summed E-state index contributed by atoms with van der Waals surface area (Å²) in [7, 11) is 0. The lowest BCUT2D eigenvalue weighted by atomic mass is 11.0. The molecule has 0 spiro atoms. The molecule has 0 fully saturated rings. The Balaban J connectivity index is 3.12. The Morgan fingerprint density at radius 3 is 2.29 bits per heavy atom. The normalized spacial score (nSPS) is 9.43. The van der Waals surface area contributed by atoms with Crippen LogP contribution in [0.5, 0.6) is 0 Å². The summed E-state index contributed by atoms with van der Waals surface area (Å²) in [5, 5.41) is 3.65. The fourth-order valence-electron chi connectivity index (χ4n) is 0.169. The van der Waals surface area contributed by atoms with Gasteiger partial charge in [0.25, 0.3) is 0 Å². The molecule has 0 radical (unpaired) electrons. The van der Waals surface area contributed by atoms with Crippen LogP contribution in [0.25, 0.3) is 0 Å². The first-order valence-electron chi connectivity index (χ1n) is 1.44. The van der Waals surface area contributed by atoms with Crippen molar-refractivity contribution in [2.24, 2.45) is 0 Å². The first-order valence-corrected chi connectivity index (χ1v) is 3.80. The van der Waals surface area contributed by atoms with Crippen molar-refractivity contribution in [2.75, 3.05) is 0 Å². The van der Waals surface area contributed by atoms with Crippen molar-refractivity contribution in [1.82, 2.24) is 9.59 Å². The fourth-order valence-corrected chi connectivity index (χ4v) is 1.15. The maximum Gasteiger partial charge on any atom is 0.155 e. The zero-order valence-electron chi connectivity index (χ0n) is 3.06. The molecule has 0 N–H and O–H groups in total. The van der Waals surface area contributed by atoms with Gasteiger partial charge in [-0.3, -0.25) is 0 Å². The Kier molecular flexibility index (Phi) is 1.77. The minimum atomic E-state index is 0.775. The third-order valence-corrected chi connectivity index (χ3v) is 3.09. The summed E-state index contributed by atoms with van der Waals surface area (Å²) in [4.78, 5) is 0. The molecule has 38 valence electrons. The molecule has 1 aromatic rings. The summed E-state index contributed by atoms with van der Waals surface area (Å²) in [5.41, 5.74) is 0. The van der Waals surface area contributed by atoms with Gasteiger partial charge >= 0.3 is 0 Å². The van der Waals surface area contributed by atoms with E-state index in [9.17, 15) is 0 Å². The zero-order chi connectivity index (χ0) is 5.28. The largest absolute Gasteiger partial charge is 0.155 e. The predicted octanol–water partition coefficient (Wildman–Crippen LogP) is 2.06. The van der Waals surface area contributed by atoms with Gasteiger partial charge < -0.3 is 0 Å². The third-order valence-electron chi connectivity index (χ3n) is 0.412. The van der Waals surface area contributed by atoms with Crippen LogP contribution < -0.4 is 0 Å². The molecule has 0 aromatic carbocycles. The molecule has 1 heterocycles. The first-order chi connectivity index (χ1) is 3.30. The van der Waals surface area contributed by atoms with Crippen LogP contribution in [0.3, 0.4) is 0 Å². The predicted molar refractivity (Wildman–Crippen MR) is 35.3 cm³/mol. The van der Waals surface area contributed by atoms with Gasteiger partial charge in [-0.05, 0) is 43.4 Å². The van der Waals surface area contributed by atoms with E-state index >= 15 is 0 Å². The monoisotopic (exact) mass is 242 g/mol. The van der Waals surface area contributed by atoms with Crippen LogP contribution in [-0.4, -0.2) is 9.59 Å². The molecule has 0 aliphatic carbocycles. The molecular formula is C2Br2N2S. The molecule has 0 aliphatic rings. The SMILES string of the molecule is Brc1nnsc1Br. The Hall–Kier alpha value is 0.520. The molecule has 5 heteroatoms. The van der Waals surface area contributed by atoms with E-state index in [1.807, 2.05) is 0 Å². The van der Waals surface area contributed by atoms with Crippen molar-refractivity contribution in [2.45, 2.75) is 0 Å². The van der Waals surface area contributed by atoms with E-state index < -0.39 is 0 Å². The second-order valence-electron chi connectivity index (χ2n) is 0.837. The Morgan fingerprint density at radius 2 is 2.14 bits per heavy atom. The standard InChI is InChI=1S/C2Br2N2S/c3-1-2(4)7-6-5-1. The van der Waals surface area contributed by atoms with Gasteiger partial charge in [0.15, 0.2) is 4.60 Å². The number of nitrogens with zero attached hydrogens (tertiary/aromatic N) is 2. The van der Waals surface area contributed by atoms with Crippen molar-refractivity contribution in [3.63, 3.8) is 0 Å². The third kappa shape index (κ3) is 1.20. The Bertz CT molecular complexity index is 146. The molecule has 7 heavy (non-hydrogen) atoms. The van der Waals surface area contributed by atoms with Gasteiger partial charge in [0.2, 0.25) is 0 Å². The van der Waals surface area contributed by atoms with E-state index in [2.05, 4.69) is 41.4 Å². The van der Waals surface area contributed by atoms with E-state index in [0.717, 1.165) is 8.39 Å². The molecule has 0 saturated heterocycles. The lowest BCUT2D eigenvalue weighted by Gasteiger charge is -1.69. The zero-order valence-corrected chi connectivity index (χ0v) is 7.05. The Morgan fingerprint density at radius 1 is 1.43 bits per heavy atom. The van der Waals surface area contributed by atoms with E-state index in [1.54, 1.807) is 0 Å². The van der Waals surface area contributed by atoms with Gasteiger partial charge in [0.05, 0.1) is 0 Å². The van der Waals surface area contributed by atoms with E-state index in [0.29, 0.717) is 0 Å². The second-order valence-corrected chi connectivity index (χ2v) is 3.66. The average Bonchev–Trinajstić information content (AvgIpc) is 1.91. The highest BCUT2D eigenvalue weighted by molar-refractivity contribution is 9.13. The van der Waals surface area contributed by atoms with Crippen LogP contribution in [0.1, 0.15) is 0 Å². The molecule has 0 bridgehead atoms. The van der Waals surface area contributed by atoms with Gasteiger partial charge in [0.1, 0.15) is 3.79 Å². The summed E-state index contributed by atoms with van der Waals surface area (Å²) < 4.78 is 5.33. The summed E-state index contributed by atoms with van der Waals surface area (Å²) in [6.07, 6.45) is 0. The summed E-state index contributed by atoms with van der Waals surface area (Å²) >= 11 is 7.68. The van der Waals surface area contributed by atoms with Crippen LogP contribution in [-0.2, 0) is 0 Å². The van der Waals surface area contributed by atoms with Crippen LogP contribution in [0.4, 0.5) is 0 Å². The topological polar surface area (TPSA) is 25.8 Å². The highest BCUT2D eigenvalue weighted by atomic mass is 79.9. The summed E-state index contributed by atoms with van der Waals surface area (Å²) in [6, 6.07) is 0. The fraction of sp³-hybridized carbons (Fsp3) is 0.